The molecule has 0 unspecified atom stereocenters. The number of carbonyl (C=O) groups is 4. The monoisotopic (exact) mass is 745 g/mol. The Bertz CT molecular complexity index is 1450. The third-order valence-electron chi connectivity index (χ3n) is 12.2. The van der Waals surface area contributed by atoms with Crippen LogP contribution >= 0.6 is 0 Å². The normalized spacial score (nSPS) is 41.8. The van der Waals surface area contributed by atoms with Crippen LogP contribution in [-0.4, -0.2) is 114 Å². The van der Waals surface area contributed by atoms with E-state index >= 15 is 0 Å². The average molecular weight is 746 g/mol. The number of ketones is 1. The minimum atomic E-state index is -1.44. The van der Waals surface area contributed by atoms with Gasteiger partial charge in [0, 0.05) is 18.9 Å². The van der Waals surface area contributed by atoms with Gasteiger partial charge in [-0.2, -0.15) is 0 Å². The highest BCUT2D eigenvalue weighted by atomic mass is 16.8. The minimum absolute atomic E-state index is 0.134. The fourth-order valence-electron chi connectivity index (χ4n) is 9.00. The fraction of sp³-hybridized carbons (Fsp3) is 0.750. The van der Waals surface area contributed by atoms with Crippen molar-refractivity contribution >= 4 is 23.9 Å². The van der Waals surface area contributed by atoms with Crippen molar-refractivity contribution in [2.75, 3.05) is 20.2 Å². The predicted octanol–water partition coefficient (Wildman–Crippen LogP) is 5.10. The van der Waals surface area contributed by atoms with Crippen molar-refractivity contribution in [3.8, 4) is 0 Å². The first-order valence-corrected chi connectivity index (χ1v) is 19.2. The second-order valence-electron chi connectivity index (χ2n) is 16.0. The van der Waals surface area contributed by atoms with Gasteiger partial charge >= 0.3 is 18.1 Å². The molecule has 14 atom stereocenters. The third-order valence-corrected chi connectivity index (χ3v) is 12.2. The lowest BCUT2D eigenvalue weighted by atomic mass is 9.74. The summed E-state index contributed by atoms with van der Waals surface area (Å²) in [5, 5.41) is 12.0. The van der Waals surface area contributed by atoms with Gasteiger partial charge in [-0.05, 0) is 85.0 Å². The van der Waals surface area contributed by atoms with Crippen molar-refractivity contribution in [2.45, 2.75) is 148 Å². The highest BCUT2D eigenvalue weighted by molar-refractivity contribution is 5.89. The molecule has 1 aromatic carbocycles. The Hall–Kier alpha value is -3.10. The van der Waals surface area contributed by atoms with Crippen LogP contribution in [0.3, 0.4) is 0 Å². The number of fused-ring (bicyclic) bond motifs is 1. The van der Waals surface area contributed by atoms with Gasteiger partial charge < -0.3 is 38.3 Å². The van der Waals surface area contributed by atoms with Gasteiger partial charge in [-0.1, -0.05) is 45.9 Å². The van der Waals surface area contributed by atoms with Crippen LogP contribution in [0.1, 0.15) is 97.9 Å². The molecule has 5 rings (SSSR count). The minimum Gasteiger partial charge on any atom is -0.458 e. The van der Waals surface area contributed by atoms with Crippen LogP contribution in [0, 0.1) is 23.7 Å². The molecule has 13 heteroatoms. The number of benzene rings is 1. The van der Waals surface area contributed by atoms with Gasteiger partial charge in [0.1, 0.15) is 11.9 Å². The molecule has 4 aliphatic rings. The highest BCUT2D eigenvalue weighted by Gasteiger charge is 2.59. The van der Waals surface area contributed by atoms with Crippen LogP contribution in [0.2, 0.25) is 0 Å². The van der Waals surface area contributed by atoms with Gasteiger partial charge in [-0.3, -0.25) is 14.5 Å². The molecule has 296 valence electrons. The Morgan fingerprint density at radius 1 is 0.981 bits per heavy atom. The predicted molar refractivity (Wildman–Crippen MR) is 192 cm³/mol. The summed E-state index contributed by atoms with van der Waals surface area (Å²) in [6.07, 6.45) is -4.41. The van der Waals surface area contributed by atoms with Gasteiger partial charge in [-0.25, -0.2) is 9.59 Å². The van der Waals surface area contributed by atoms with E-state index in [0.717, 1.165) is 25.9 Å². The SMILES string of the molecule is CC[C@H]1OC(=O)[C@H](C)[C@@H](O)[C@H](C)[C@@H](O[C@H]2O[C@@H](C)C[C@@H](N3CCCC3)[C@@H]2OC(=O)c2ccccc2)[C@](C)(OC)C[C@@H](C)C(=O)[C@H](C)[C@H]2OC(=O)O[C@]21C. The van der Waals surface area contributed by atoms with Crippen LogP contribution in [0.15, 0.2) is 30.3 Å². The van der Waals surface area contributed by atoms with Gasteiger partial charge in [0.15, 0.2) is 24.1 Å². The fourth-order valence-corrected chi connectivity index (χ4v) is 9.00. The van der Waals surface area contributed by atoms with E-state index in [1.54, 1.807) is 72.7 Å². The van der Waals surface area contributed by atoms with E-state index in [-0.39, 0.29) is 30.8 Å². The lowest BCUT2D eigenvalue weighted by Crippen LogP contribution is -2.61. The molecule has 1 aromatic rings. The smallest absolute Gasteiger partial charge is 0.458 e. The van der Waals surface area contributed by atoms with Gasteiger partial charge in [0.2, 0.25) is 0 Å². The number of aliphatic hydroxyl groups excluding tert-OH is 1. The van der Waals surface area contributed by atoms with Crippen LogP contribution in [-0.2, 0) is 42.7 Å². The number of nitrogens with zero attached hydrogens (tertiary/aromatic N) is 1. The molecule has 0 aliphatic carbocycles. The lowest BCUT2D eigenvalue weighted by Gasteiger charge is -2.49. The summed E-state index contributed by atoms with van der Waals surface area (Å²) >= 11 is 0. The summed E-state index contributed by atoms with van der Waals surface area (Å²) in [5.74, 6) is -4.77. The molecule has 4 aliphatic heterocycles. The Kier molecular flexibility index (Phi) is 13.0. The zero-order valence-corrected chi connectivity index (χ0v) is 32.6. The molecule has 4 saturated heterocycles. The number of hydrogen-bond donors (Lipinski definition) is 1. The molecular formula is C40H59NO12. The van der Waals surface area contributed by atoms with E-state index in [1.807, 2.05) is 13.0 Å². The maximum atomic E-state index is 14.2. The van der Waals surface area contributed by atoms with Crippen LogP contribution in [0.5, 0.6) is 0 Å². The number of likely N-dealkylation sites (tertiary alicyclic amines) is 1. The molecule has 0 radical (unpaired) electrons. The summed E-state index contributed by atoms with van der Waals surface area (Å²) in [7, 11) is 1.51. The summed E-state index contributed by atoms with van der Waals surface area (Å²) in [4.78, 5) is 56.5. The first-order valence-electron chi connectivity index (χ1n) is 19.2. The van der Waals surface area contributed by atoms with Gasteiger partial charge in [0.25, 0.3) is 0 Å². The number of methoxy groups -OCH3 is 1. The van der Waals surface area contributed by atoms with Crippen molar-refractivity contribution in [1.29, 1.82) is 0 Å². The number of Topliss-reactive ketones (excluding diaryl/α,β-unsaturated/α-hetero) is 1. The van der Waals surface area contributed by atoms with Gasteiger partial charge in [0.05, 0.1) is 47.4 Å². The molecule has 1 N–H and O–H groups in total. The van der Waals surface area contributed by atoms with Gasteiger partial charge in [-0.15, -0.1) is 0 Å². The Labute approximate surface area is 313 Å². The summed E-state index contributed by atoms with van der Waals surface area (Å²) < 4.78 is 43.2. The third kappa shape index (κ3) is 8.44. The Balaban J connectivity index is 1.55. The number of cyclic esters (lactones) is 1. The maximum absolute atomic E-state index is 14.2. The first kappa shape index (κ1) is 41.1. The number of carbonyl (C=O) groups excluding carboxylic acids is 4. The number of rotatable bonds is 7. The molecule has 0 bridgehead atoms. The Morgan fingerprint density at radius 2 is 1.64 bits per heavy atom. The largest absolute Gasteiger partial charge is 0.509 e. The molecule has 0 aromatic heterocycles. The molecule has 4 fully saturated rings. The number of ether oxygens (including phenoxy) is 7. The molecule has 53 heavy (non-hydrogen) atoms. The first-order chi connectivity index (χ1) is 25.0. The quantitative estimate of drug-likeness (QED) is 0.291. The van der Waals surface area contributed by atoms with Crippen molar-refractivity contribution in [3.63, 3.8) is 0 Å². The van der Waals surface area contributed by atoms with E-state index < -0.39 is 89.8 Å². The van der Waals surface area contributed by atoms with Crippen molar-refractivity contribution < 1.29 is 57.4 Å². The number of esters is 2. The van der Waals surface area contributed by atoms with E-state index in [4.69, 9.17) is 33.2 Å². The summed E-state index contributed by atoms with van der Waals surface area (Å²) in [5.41, 5.74) is -2.30. The van der Waals surface area contributed by atoms with E-state index in [9.17, 15) is 24.3 Å². The van der Waals surface area contributed by atoms with Crippen molar-refractivity contribution in [3.05, 3.63) is 35.9 Å². The van der Waals surface area contributed by atoms with Crippen LogP contribution < -0.4 is 0 Å². The second-order valence-corrected chi connectivity index (χ2v) is 16.0. The zero-order valence-electron chi connectivity index (χ0n) is 32.6. The van der Waals surface area contributed by atoms with Crippen LogP contribution in [0.25, 0.3) is 0 Å². The van der Waals surface area contributed by atoms with E-state index in [2.05, 4.69) is 4.90 Å². The molecule has 13 nitrogen and oxygen atoms in total. The van der Waals surface area contributed by atoms with E-state index in [1.165, 1.54) is 7.11 Å². The van der Waals surface area contributed by atoms with E-state index in [0.29, 0.717) is 12.0 Å². The zero-order chi connectivity index (χ0) is 38.8. The van der Waals surface area contributed by atoms with Crippen molar-refractivity contribution in [2.24, 2.45) is 23.7 Å². The average Bonchev–Trinajstić information content (AvgIpc) is 3.79. The number of aliphatic hydroxyl groups is 1. The highest BCUT2D eigenvalue weighted by Crippen LogP contribution is 2.42. The summed E-state index contributed by atoms with van der Waals surface area (Å²) in [6.45, 7) is 15.6. The molecule has 4 heterocycles. The standard InChI is InChI=1S/C40H59NO12/c1-10-29-40(8)34(52-38(46)53-40)24(4)30(42)22(2)21-39(7,47-9)33(25(5)31(43)26(6)35(44)49-29)51-37-32(50-36(45)27-16-12-11-13-17-27)28(20-23(3)48-37)41-18-14-15-19-41/h11-13,16-17,22-26,28-29,31-34,37,43H,10,14-15,18-21H2,1-9H3/t22-,23+,24+,25+,26-,28-,29-,31+,32+,33-,34-,37-,39-,40+/m1/s1. The molecular weight excluding hydrogens is 686 g/mol. The number of hydrogen-bond acceptors (Lipinski definition) is 13. The molecule has 0 spiro atoms. The van der Waals surface area contributed by atoms with Crippen LogP contribution in [0.4, 0.5) is 4.79 Å². The lowest BCUT2D eigenvalue weighted by molar-refractivity contribution is -0.301. The van der Waals surface area contributed by atoms with Crippen molar-refractivity contribution in [1.82, 2.24) is 4.90 Å². The Morgan fingerprint density at radius 3 is 2.26 bits per heavy atom. The maximum Gasteiger partial charge on any atom is 0.509 e. The molecule has 0 amide bonds. The molecule has 0 saturated carbocycles. The summed E-state index contributed by atoms with van der Waals surface area (Å²) in [6, 6.07) is 8.54. The second kappa shape index (κ2) is 16.7. The topological polar surface area (TPSA) is 156 Å².